The van der Waals surface area contributed by atoms with Crippen LogP contribution in [-0.2, 0) is 0 Å². The molecule has 5 nitrogen and oxygen atoms in total. The lowest BCUT2D eigenvalue weighted by atomic mass is 10.1. The van der Waals surface area contributed by atoms with Gasteiger partial charge in [0.05, 0.1) is 16.6 Å². The number of benzene rings is 2. The summed E-state index contributed by atoms with van der Waals surface area (Å²) in [5, 5.41) is 11.0. The SMILES string of the molecule is CC(=O)c1ccc(Oc2ccc(C)c(F)c2)cc1[N+](=O)[O-]. The van der Waals surface area contributed by atoms with E-state index in [0.717, 1.165) is 6.07 Å². The van der Waals surface area contributed by atoms with Crippen molar-refractivity contribution < 1.29 is 18.8 Å². The first-order valence-electron chi connectivity index (χ1n) is 6.12. The molecule has 0 aliphatic carbocycles. The molecule has 0 fully saturated rings. The van der Waals surface area contributed by atoms with Crippen LogP contribution in [0.4, 0.5) is 10.1 Å². The minimum absolute atomic E-state index is 0.00226. The Morgan fingerprint density at radius 2 is 1.81 bits per heavy atom. The van der Waals surface area contributed by atoms with Gasteiger partial charge in [-0.1, -0.05) is 6.07 Å². The van der Waals surface area contributed by atoms with Crippen molar-refractivity contribution in [2.45, 2.75) is 13.8 Å². The molecule has 0 spiro atoms. The Morgan fingerprint density at radius 3 is 2.38 bits per heavy atom. The van der Waals surface area contributed by atoms with Crippen molar-refractivity contribution in [3.8, 4) is 11.5 Å². The number of hydrogen-bond donors (Lipinski definition) is 0. The number of carbonyl (C=O) groups excluding carboxylic acids is 1. The first-order valence-corrected chi connectivity index (χ1v) is 6.12. The van der Waals surface area contributed by atoms with Gasteiger partial charge in [0.2, 0.25) is 0 Å². The topological polar surface area (TPSA) is 69.4 Å². The van der Waals surface area contributed by atoms with Crippen molar-refractivity contribution >= 4 is 11.5 Å². The summed E-state index contributed by atoms with van der Waals surface area (Å²) >= 11 is 0. The van der Waals surface area contributed by atoms with Crippen LogP contribution in [0.15, 0.2) is 36.4 Å². The molecule has 2 aromatic carbocycles. The largest absolute Gasteiger partial charge is 0.457 e. The quantitative estimate of drug-likeness (QED) is 0.484. The Labute approximate surface area is 120 Å². The molecule has 0 saturated carbocycles. The molecule has 0 saturated heterocycles. The van der Waals surface area contributed by atoms with E-state index in [0.29, 0.717) is 5.56 Å². The number of hydrogen-bond acceptors (Lipinski definition) is 4. The molecule has 0 heterocycles. The molecule has 2 rings (SSSR count). The molecule has 2 aromatic rings. The molecule has 0 aliphatic heterocycles. The number of nitro groups is 1. The van der Waals surface area contributed by atoms with Crippen molar-refractivity contribution in [2.24, 2.45) is 0 Å². The lowest BCUT2D eigenvalue weighted by Crippen LogP contribution is -2.00. The average Bonchev–Trinajstić information content (AvgIpc) is 2.42. The highest BCUT2D eigenvalue weighted by Gasteiger charge is 2.18. The third kappa shape index (κ3) is 3.22. The van der Waals surface area contributed by atoms with Gasteiger partial charge < -0.3 is 4.74 Å². The van der Waals surface area contributed by atoms with Gasteiger partial charge in [0, 0.05) is 6.07 Å². The Balaban J connectivity index is 2.36. The summed E-state index contributed by atoms with van der Waals surface area (Å²) < 4.78 is 18.8. The number of rotatable bonds is 4. The van der Waals surface area contributed by atoms with E-state index in [1.807, 2.05) is 0 Å². The Morgan fingerprint density at radius 1 is 1.19 bits per heavy atom. The van der Waals surface area contributed by atoms with Crippen molar-refractivity contribution in [1.82, 2.24) is 0 Å². The highest BCUT2D eigenvalue weighted by Crippen LogP contribution is 2.29. The minimum atomic E-state index is -0.653. The monoisotopic (exact) mass is 289 g/mol. The van der Waals surface area contributed by atoms with Crippen LogP contribution < -0.4 is 4.74 Å². The van der Waals surface area contributed by atoms with E-state index < -0.39 is 16.5 Å². The molecule has 0 unspecified atom stereocenters. The summed E-state index contributed by atoms with van der Waals surface area (Å²) in [6.07, 6.45) is 0. The number of nitro benzene ring substituents is 1. The number of Topliss-reactive ketones (excluding diaryl/α,β-unsaturated/α-hetero) is 1. The molecule has 0 atom stereocenters. The lowest BCUT2D eigenvalue weighted by molar-refractivity contribution is -0.385. The van der Waals surface area contributed by atoms with Crippen LogP contribution in [0.3, 0.4) is 0 Å². The standard InChI is InChI=1S/C15H12FNO4/c1-9-3-4-11(7-14(9)16)21-12-5-6-13(10(2)18)15(8-12)17(19)20/h3-8H,1-2H3. The van der Waals surface area contributed by atoms with Crippen molar-refractivity contribution in [2.75, 3.05) is 0 Å². The summed E-state index contributed by atoms with van der Waals surface area (Å²) in [5.74, 6) is -0.449. The normalized spacial score (nSPS) is 10.2. The molecule has 0 N–H and O–H groups in total. The first-order chi connectivity index (χ1) is 9.88. The van der Waals surface area contributed by atoms with Gasteiger partial charge in [0.1, 0.15) is 17.3 Å². The van der Waals surface area contributed by atoms with E-state index >= 15 is 0 Å². The van der Waals surface area contributed by atoms with Crippen LogP contribution in [0, 0.1) is 22.9 Å². The highest BCUT2D eigenvalue weighted by molar-refractivity contribution is 5.98. The second-order valence-corrected chi connectivity index (χ2v) is 4.51. The van der Waals surface area contributed by atoms with Crippen LogP contribution >= 0.6 is 0 Å². The predicted octanol–water partition coefficient (Wildman–Crippen LogP) is 4.04. The van der Waals surface area contributed by atoms with Crippen LogP contribution in [0.1, 0.15) is 22.8 Å². The van der Waals surface area contributed by atoms with Crippen LogP contribution in [0.5, 0.6) is 11.5 Å². The molecule has 0 radical (unpaired) electrons. The smallest absolute Gasteiger partial charge is 0.283 e. The molecule has 0 aliphatic rings. The van der Waals surface area contributed by atoms with Crippen molar-refractivity contribution in [3.63, 3.8) is 0 Å². The summed E-state index contributed by atoms with van der Waals surface area (Å²) in [7, 11) is 0. The molecule has 0 bridgehead atoms. The Kier molecular flexibility index (Phi) is 3.98. The van der Waals surface area contributed by atoms with Gasteiger partial charge in [-0.05, 0) is 37.6 Å². The van der Waals surface area contributed by atoms with E-state index in [4.69, 9.17) is 4.74 Å². The van der Waals surface area contributed by atoms with E-state index in [9.17, 15) is 19.3 Å². The summed E-state index contributed by atoms with van der Waals surface area (Å²) in [6, 6.07) is 8.20. The zero-order valence-corrected chi connectivity index (χ0v) is 11.4. The highest BCUT2D eigenvalue weighted by atomic mass is 19.1. The molecular formula is C15H12FNO4. The number of halogens is 1. The fourth-order valence-electron chi connectivity index (χ4n) is 1.80. The number of nitrogens with zero attached hydrogens (tertiary/aromatic N) is 1. The fourth-order valence-corrected chi connectivity index (χ4v) is 1.80. The zero-order chi connectivity index (χ0) is 15.6. The summed E-state index contributed by atoms with van der Waals surface area (Å²) in [6.45, 7) is 2.86. The van der Waals surface area contributed by atoms with Crippen LogP contribution in [0.2, 0.25) is 0 Å². The number of ketones is 1. The average molecular weight is 289 g/mol. The van der Waals surface area contributed by atoms with Crippen molar-refractivity contribution in [3.05, 3.63) is 63.5 Å². The Bertz CT molecular complexity index is 728. The lowest BCUT2D eigenvalue weighted by Gasteiger charge is -2.07. The van der Waals surface area contributed by atoms with Crippen LogP contribution in [0.25, 0.3) is 0 Å². The Hall–Kier alpha value is -2.76. The van der Waals surface area contributed by atoms with E-state index in [1.165, 1.54) is 25.1 Å². The fraction of sp³-hybridized carbons (Fsp3) is 0.133. The van der Waals surface area contributed by atoms with Gasteiger partial charge in [0.25, 0.3) is 5.69 Å². The third-order valence-corrected chi connectivity index (χ3v) is 2.92. The second kappa shape index (κ2) is 5.70. The van der Waals surface area contributed by atoms with E-state index in [2.05, 4.69) is 0 Å². The maximum absolute atomic E-state index is 13.4. The molecule has 108 valence electrons. The van der Waals surface area contributed by atoms with E-state index in [1.54, 1.807) is 19.1 Å². The molecular weight excluding hydrogens is 277 g/mol. The summed E-state index contributed by atoms with van der Waals surface area (Å²) in [4.78, 5) is 21.6. The zero-order valence-electron chi connectivity index (χ0n) is 11.4. The number of carbonyl (C=O) groups is 1. The van der Waals surface area contributed by atoms with Crippen molar-refractivity contribution in [1.29, 1.82) is 0 Å². The third-order valence-electron chi connectivity index (χ3n) is 2.92. The first kappa shape index (κ1) is 14.6. The second-order valence-electron chi connectivity index (χ2n) is 4.51. The van der Waals surface area contributed by atoms with Gasteiger partial charge in [-0.3, -0.25) is 14.9 Å². The maximum Gasteiger partial charge on any atom is 0.283 e. The predicted molar refractivity (Wildman–Crippen MR) is 74.3 cm³/mol. The van der Waals surface area contributed by atoms with Gasteiger partial charge in [-0.2, -0.15) is 0 Å². The molecule has 6 heteroatoms. The van der Waals surface area contributed by atoms with Crippen LogP contribution in [-0.4, -0.2) is 10.7 Å². The van der Waals surface area contributed by atoms with Gasteiger partial charge >= 0.3 is 0 Å². The summed E-state index contributed by atoms with van der Waals surface area (Å²) in [5.41, 5.74) is 0.135. The number of ether oxygens (including phenoxy) is 1. The van der Waals surface area contributed by atoms with Gasteiger partial charge in [-0.25, -0.2) is 4.39 Å². The van der Waals surface area contributed by atoms with Gasteiger partial charge in [0.15, 0.2) is 5.78 Å². The number of aryl methyl sites for hydroxylation is 1. The minimum Gasteiger partial charge on any atom is -0.457 e. The molecule has 0 amide bonds. The van der Waals surface area contributed by atoms with E-state index in [-0.39, 0.29) is 22.7 Å². The maximum atomic E-state index is 13.4. The molecule has 21 heavy (non-hydrogen) atoms. The molecule has 0 aromatic heterocycles. The van der Waals surface area contributed by atoms with Gasteiger partial charge in [-0.15, -0.1) is 0 Å².